The average molecular weight is 350 g/mol. The number of hydrogen-bond acceptors (Lipinski definition) is 1. The molecule has 0 unspecified atom stereocenters. The number of carbonyl (C=O) groups is 1. The second-order valence-corrected chi connectivity index (χ2v) is 7.82. The molecule has 0 aromatic rings. The summed E-state index contributed by atoms with van der Waals surface area (Å²) in [6.45, 7) is 4.20. The normalized spacial score (nSPS) is 16.1. The summed E-state index contributed by atoms with van der Waals surface area (Å²) >= 11 is 0. The number of likely N-dealkylation sites (tertiary alicyclic amines) is 1. The summed E-state index contributed by atoms with van der Waals surface area (Å²) in [5, 5.41) is 0. The molecule has 0 radical (unpaired) electrons. The molecule has 1 aliphatic rings. The molecule has 0 aliphatic carbocycles. The molecule has 1 rings (SSSR count). The second kappa shape index (κ2) is 16.7. The van der Waals surface area contributed by atoms with Crippen molar-refractivity contribution in [1.82, 2.24) is 4.90 Å². The van der Waals surface area contributed by atoms with Gasteiger partial charge in [-0.1, -0.05) is 96.5 Å². The van der Waals surface area contributed by atoms with Crippen LogP contribution in [0.3, 0.4) is 0 Å². The van der Waals surface area contributed by atoms with Gasteiger partial charge in [0.1, 0.15) is 0 Å². The van der Waals surface area contributed by atoms with Crippen LogP contribution in [0, 0.1) is 0 Å². The largest absolute Gasteiger partial charge is 0.339 e. The van der Waals surface area contributed by atoms with Gasteiger partial charge in [0.05, 0.1) is 0 Å². The maximum absolute atomic E-state index is 12.2. The number of rotatable bonds is 13. The topological polar surface area (TPSA) is 20.3 Å². The van der Waals surface area contributed by atoms with E-state index in [0.717, 1.165) is 19.5 Å². The molecule has 0 spiro atoms. The second-order valence-electron chi connectivity index (χ2n) is 7.82. The van der Waals surface area contributed by atoms with Crippen molar-refractivity contribution in [2.24, 2.45) is 0 Å². The summed E-state index contributed by atoms with van der Waals surface area (Å²) in [5.41, 5.74) is 0. The maximum Gasteiger partial charge on any atom is 0.246 e. The predicted octanol–water partition coefficient (Wildman–Crippen LogP) is 7.04. The Bertz CT molecular complexity index is 329. The predicted molar refractivity (Wildman–Crippen MR) is 110 cm³/mol. The van der Waals surface area contributed by atoms with E-state index in [9.17, 15) is 4.79 Å². The van der Waals surface area contributed by atoms with E-state index in [4.69, 9.17) is 0 Å². The molecule has 0 N–H and O–H groups in total. The molecule has 0 aromatic carbocycles. The smallest absolute Gasteiger partial charge is 0.246 e. The Hall–Kier alpha value is -0.790. The van der Waals surface area contributed by atoms with E-state index in [1.165, 1.54) is 103 Å². The van der Waals surface area contributed by atoms with Gasteiger partial charge in [-0.05, 0) is 31.8 Å². The Morgan fingerprint density at radius 2 is 1.20 bits per heavy atom. The minimum atomic E-state index is 0.241. The van der Waals surface area contributed by atoms with Gasteiger partial charge in [-0.3, -0.25) is 4.79 Å². The van der Waals surface area contributed by atoms with E-state index < -0.39 is 0 Å². The maximum atomic E-state index is 12.2. The Kier molecular flexibility index (Phi) is 14.8. The van der Waals surface area contributed by atoms with Crippen molar-refractivity contribution in [3.8, 4) is 0 Å². The molecule has 0 saturated carbocycles. The van der Waals surface area contributed by atoms with Gasteiger partial charge in [-0.15, -0.1) is 0 Å². The Morgan fingerprint density at radius 3 is 1.76 bits per heavy atom. The molecule has 1 amide bonds. The lowest BCUT2D eigenvalue weighted by molar-refractivity contribution is -0.126. The van der Waals surface area contributed by atoms with Gasteiger partial charge >= 0.3 is 0 Å². The highest BCUT2D eigenvalue weighted by Crippen LogP contribution is 2.13. The molecular formula is C23H43NO. The summed E-state index contributed by atoms with van der Waals surface area (Å²) < 4.78 is 0. The quantitative estimate of drug-likeness (QED) is 0.258. The van der Waals surface area contributed by atoms with Crippen molar-refractivity contribution in [2.45, 2.75) is 116 Å². The number of carbonyl (C=O) groups excluding carboxylic acids is 1. The number of allylic oxidation sites excluding steroid dienone is 1. The van der Waals surface area contributed by atoms with Crippen molar-refractivity contribution in [3.63, 3.8) is 0 Å². The third-order valence-corrected chi connectivity index (χ3v) is 5.40. The van der Waals surface area contributed by atoms with Gasteiger partial charge in [-0.25, -0.2) is 0 Å². The summed E-state index contributed by atoms with van der Waals surface area (Å²) in [4.78, 5) is 14.3. The average Bonchev–Trinajstić information content (AvgIpc) is 2.58. The zero-order chi connectivity index (χ0) is 18.0. The van der Waals surface area contributed by atoms with Gasteiger partial charge in [0.2, 0.25) is 5.91 Å². The minimum absolute atomic E-state index is 0.241. The van der Waals surface area contributed by atoms with Crippen molar-refractivity contribution >= 4 is 5.91 Å². The lowest BCUT2D eigenvalue weighted by Crippen LogP contribution is -2.32. The van der Waals surface area contributed by atoms with Gasteiger partial charge in [0, 0.05) is 13.1 Å². The van der Waals surface area contributed by atoms with E-state index in [2.05, 4.69) is 17.9 Å². The summed E-state index contributed by atoms with van der Waals surface area (Å²) in [6, 6.07) is 0. The van der Waals surface area contributed by atoms with E-state index in [1.54, 1.807) is 0 Å². The summed E-state index contributed by atoms with van der Waals surface area (Å²) in [6.07, 6.45) is 26.5. The third-order valence-electron chi connectivity index (χ3n) is 5.40. The number of amides is 1. The molecule has 1 aliphatic heterocycles. The lowest BCUT2D eigenvalue weighted by atomic mass is 10.1. The van der Waals surface area contributed by atoms with E-state index in [1.807, 2.05) is 6.08 Å². The molecule has 0 bridgehead atoms. The zero-order valence-electron chi connectivity index (χ0n) is 16.9. The minimum Gasteiger partial charge on any atom is -0.339 e. The molecule has 1 saturated heterocycles. The first-order chi connectivity index (χ1) is 12.3. The number of nitrogens with zero attached hydrogens (tertiary/aromatic N) is 1. The van der Waals surface area contributed by atoms with Crippen molar-refractivity contribution in [1.29, 1.82) is 0 Å². The highest BCUT2D eigenvalue weighted by Gasteiger charge is 2.11. The van der Waals surface area contributed by atoms with Gasteiger partial charge < -0.3 is 4.90 Å². The fourth-order valence-electron chi connectivity index (χ4n) is 3.68. The van der Waals surface area contributed by atoms with Crippen LogP contribution < -0.4 is 0 Å². The first-order valence-corrected chi connectivity index (χ1v) is 11.3. The van der Waals surface area contributed by atoms with Crippen LogP contribution in [0.4, 0.5) is 0 Å². The van der Waals surface area contributed by atoms with Crippen LogP contribution in [0.1, 0.15) is 116 Å². The molecular weight excluding hydrogens is 306 g/mol. The fourth-order valence-corrected chi connectivity index (χ4v) is 3.68. The summed E-state index contributed by atoms with van der Waals surface area (Å²) in [7, 11) is 0. The molecule has 1 heterocycles. The fraction of sp³-hybridized carbons (Fsp3) is 0.870. The molecule has 0 atom stereocenters. The molecule has 25 heavy (non-hydrogen) atoms. The van der Waals surface area contributed by atoms with Crippen LogP contribution in [0.25, 0.3) is 0 Å². The number of unbranched alkanes of at least 4 members (excludes halogenated alkanes) is 11. The van der Waals surface area contributed by atoms with Crippen molar-refractivity contribution < 1.29 is 4.79 Å². The monoisotopic (exact) mass is 349 g/mol. The molecule has 0 aromatic heterocycles. The Morgan fingerprint density at radius 1 is 0.720 bits per heavy atom. The Balaban J connectivity index is 1.91. The van der Waals surface area contributed by atoms with Crippen LogP contribution in [0.15, 0.2) is 12.2 Å². The first-order valence-electron chi connectivity index (χ1n) is 11.3. The standard InChI is InChI=1S/C23H43NO/c1-2-3-4-5-6-7-8-9-10-11-12-14-17-20-23(25)24-21-18-15-13-16-19-22-24/h17,20H,2-16,18-19,21-22H2,1H3/b20-17+. The lowest BCUT2D eigenvalue weighted by Gasteiger charge is -2.23. The molecule has 146 valence electrons. The number of hydrogen-bond donors (Lipinski definition) is 0. The molecule has 2 nitrogen and oxygen atoms in total. The third kappa shape index (κ3) is 13.1. The van der Waals surface area contributed by atoms with E-state index in [-0.39, 0.29) is 5.91 Å². The Labute approximate surface area is 157 Å². The van der Waals surface area contributed by atoms with Crippen molar-refractivity contribution in [2.75, 3.05) is 13.1 Å². The first kappa shape index (κ1) is 22.3. The highest BCUT2D eigenvalue weighted by atomic mass is 16.2. The zero-order valence-corrected chi connectivity index (χ0v) is 16.9. The molecule has 2 heteroatoms. The molecule has 1 fully saturated rings. The van der Waals surface area contributed by atoms with Crippen LogP contribution in [-0.2, 0) is 4.79 Å². The van der Waals surface area contributed by atoms with Crippen LogP contribution in [-0.4, -0.2) is 23.9 Å². The highest BCUT2D eigenvalue weighted by molar-refractivity contribution is 5.87. The van der Waals surface area contributed by atoms with Crippen LogP contribution in [0.2, 0.25) is 0 Å². The van der Waals surface area contributed by atoms with Gasteiger partial charge in [0.25, 0.3) is 0 Å². The van der Waals surface area contributed by atoms with Crippen molar-refractivity contribution in [3.05, 3.63) is 12.2 Å². The SMILES string of the molecule is CCCCCCCCCCCCC/C=C/C(=O)N1CCCCCCC1. The van der Waals surface area contributed by atoms with Crippen LogP contribution in [0.5, 0.6) is 0 Å². The van der Waals surface area contributed by atoms with Gasteiger partial charge in [-0.2, -0.15) is 0 Å². The van der Waals surface area contributed by atoms with Gasteiger partial charge in [0.15, 0.2) is 0 Å². The van der Waals surface area contributed by atoms with Crippen LogP contribution >= 0.6 is 0 Å². The van der Waals surface area contributed by atoms with E-state index >= 15 is 0 Å². The summed E-state index contributed by atoms with van der Waals surface area (Å²) in [5.74, 6) is 0.241. The van der Waals surface area contributed by atoms with E-state index in [0.29, 0.717) is 0 Å².